The number of nitrogens with zero attached hydrogens (tertiary/aromatic N) is 3. The summed E-state index contributed by atoms with van der Waals surface area (Å²) in [4.78, 5) is 17.4. The Morgan fingerprint density at radius 3 is 2.46 bits per heavy atom. The molecule has 13 nitrogen and oxygen atoms in total. The van der Waals surface area contributed by atoms with Crippen LogP contribution in [0, 0.1) is 17.2 Å². The summed E-state index contributed by atoms with van der Waals surface area (Å²) in [7, 11) is -4.44. The summed E-state index contributed by atoms with van der Waals surface area (Å²) in [6, 6.07) is 10.3. The number of carbonyl (C=O) groups excluding carboxylic acids is 1. The number of rotatable bonds is 14. The maximum Gasteiger partial charge on any atom is 0.264 e. The van der Waals surface area contributed by atoms with Crippen molar-refractivity contribution >= 4 is 43.7 Å². The summed E-state index contributed by atoms with van der Waals surface area (Å²) in [5, 5.41) is 19.3. The van der Waals surface area contributed by atoms with Gasteiger partial charge in [-0.1, -0.05) is 6.07 Å². The molecule has 1 aromatic heterocycles. The molecular weight excluding hydrogens is 566 g/mol. The van der Waals surface area contributed by atoms with Crippen LogP contribution in [0.2, 0.25) is 0 Å². The number of hydrogen-bond acceptors (Lipinski definition) is 10. The average Bonchev–Trinajstić information content (AvgIpc) is 3.31. The second kappa shape index (κ2) is 14.9. The number of thioether (sulfide) groups is 1. The molecule has 0 aliphatic carbocycles. The average molecular weight is 600 g/mol. The van der Waals surface area contributed by atoms with E-state index in [1.54, 1.807) is 11.8 Å². The molecule has 1 amide bonds. The lowest BCUT2D eigenvalue weighted by atomic mass is 10.2. The van der Waals surface area contributed by atoms with Crippen LogP contribution in [-0.2, 0) is 37.1 Å². The summed E-state index contributed by atoms with van der Waals surface area (Å²) < 4.78 is 57.3. The first-order valence-electron chi connectivity index (χ1n) is 11.7. The molecule has 1 aromatic carbocycles. The van der Waals surface area contributed by atoms with E-state index in [1.165, 1.54) is 25.1 Å². The number of nitrogens with two attached hydrogens (primary N) is 1. The highest BCUT2D eigenvalue weighted by atomic mass is 32.2. The van der Waals surface area contributed by atoms with Crippen LogP contribution in [0.3, 0.4) is 0 Å². The van der Waals surface area contributed by atoms with Crippen LogP contribution in [0.1, 0.15) is 18.4 Å². The number of hydrogen-bond donors (Lipinski definition) is 4. The van der Waals surface area contributed by atoms with Gasteiger partial charge in [0.2, 0.25) is 21.9 Å². The predicted octanol–water partition coefficient (Wildman–Crippen LogP) is 0.422. The van der Waals surface area contributed by atoms with Crippen molar-refractivity contribution in [2.45, 2.75) is 29.0 Å². The van der Waals surface area contributed by atoms with Gasteiger partial charge in [-0.3, -0.25) is 9.79 Å². The highest BCUT2D eigenvalue weighted by Gasteiger charge is 2.19. The Labute approximate surface area is 233 Å². The van der Waals surface area contributed by atoms with Gasteiger partial charge in [-0.25, -0.2) is 26.7 Å². The monoisotopic (exact) mass is 599 g/mol. The molecule has 1 unspecified atom stereocenters. The maximum absolute atomic E-state index is 12.9. The predicted molar refractivity (Wildman–Crippen MR) is 148 cm³/mol. The Kier molecular flexibility index (Phi) is 12.3. The van der Waals surface area contributed by atoms with Crippen LogP contribution < -0.4 is 20.5 Å². The standard InChI is InChI=1S/C23H33N7O6S3/c1-17(14-24)22(31)26-9-10-27-23(28-11-12-37-16-19-8-7-18(36-19)15-30(2)3)29-39(34,35)21-6-4-5-20(13-21)38(25,32)33/h4-8,13,17H,9-12,15-16H2,1-3H3,(H,26,31)(H2,25,32,33)(H2,27,28,29). The molecule has 0 saturated heterocycles. The normalized spacial score (nSPS) is 13.1. The molecule has 0 saturated carbocycles. The van der Waals surface area contributed by atoms with Crippen molar-refractivity contribution in [3.63, 3.8) is 0 Å². The van der Waals surface area contributed by atoms with Crippen LogP contribution in [-0.4, -0.2) is 73.1 Å². The lowest BCUT2D eigenvalue weighted by Crippen LogP contribution is -2.44. The van der Waals surface area contributed by atoms with Crippen molar-refractivity contribution < 1.29 is 26.0 Å². The van der Waals surface area contributed by atoms with E-state index < -0.39 is 31.9 Å². The zero-order valence-electron chi connectivity index (χ0n) is 21.9. The van der Waals surface area contributed by atoms with Crippen molar-refractivity contribution in [2.75, 3.05) is 39.5 Å². The van der Waals surface area contributed by atoms with Gasteiger partial charge in [-0.05, 0) is 51.4 Å². The van der Waals surface area contributed by atoms with Crippen molar-refractivity contribution in [1.82, 2.24) is 20.3 Å². The van der Waals surface area contributed by atoms with Gasteiger partial charge in [0, 0.05) is 18.8 Å². The first-order chi connectivity index (χ1) is 18.3. The van der Waals surface area contributed by atoms with Crippen molar-refractivity contribution in [3.05, 3.63) is 47.9 Å². The number of nitriles is 1. The molecule has 2 rings (SSSR count). The molecule has 0 aliphatic heterocycles. The smallest absolute Gasteiger partial charge is 0.264 e. The van der Waals surface area contributed by atoms with Crippen molar-refractivity contribution in [2.24, 2.45) is 16.0 Å². The van der Waals surface area contributed by atoms with Crippen LogP contribution in [0.15, 0.2) is 55.6 Å². The number of nitrogens with one attached hydrogen (secondary N) is 3. The fraction of sp³-hybridized carbons (Fsp3) is 0.435. The number of guanidine groups is 1. The van der Waals surface area contributed by atoms with Gasteiger partial charge in [0.05, 0.1) is 34.7 Å². The Balaban J connectivity index is 2.04. The maximum atomic E-state index is 12.9. The SMILES string of the molecule is CC(C#N)C(=O)NCCNC(=NCCSCc1ccc(CN(C)C)o1)NS(=O)(=O)c1cccc(S(N)(=O)=O)c1. The Morgan fingerprint density at radius 1 is 1.13 bits per heavy atom. The van der Waals surface area contributed by atoms with Crippen LogP contribution >= 0.6 is 11.8 Å². The van der Waals surface area contributed by atoms with E-state index in [0.29, 0.717) is 18.1 Å². The van der Waals surface area contributed by atoms with Gasteiger partial charge < -0.3 is 20.0 Å². The fourth-order valence-electron chi connectivity index (χ4n) is 3.00. The van der Waals surface area contributed by atoms with Crippen LogP contribution in [0.25, 0.3) is 0 Å². The van der Waals surface area contributed by atoms with E-state index in [0.717, 1.165) is 17.6 Å². The second-order valence-electron chi connectivity index (χ2n) is 8.58. The second-order valence-corrected chi connectivity index (χ2v) is 12.9. The molecule has 16 heteroatoms. The summed E-state index contributed by atoms with van der Waals surface area (Å²) in [5.41, 5.74) is 0. The zero-order chi connectivity index (χ0) is 29.1. The Morgan fingerprint density at radius 2 is 1.79 bits per heavy atom. The number of benzene rings is 1. The van der Waals surface area contributed by atoms with E-state index in [1.807, 2.05) is 37.2 Å². The van der Waals surface area contributed by atoms with Gasteiger partial charge in [0.25, 0.3) is 10.0 Å². The number of primary sulfonamides is 1. The van der Waals surface area contributed by atoms with E-state index in [-0.39, 0.29) is 35.4 Å². The number of aliphatic imine (C=N–C) groups is 1. The minimum atomic E-state index is -4.23. The Bertz CT molecular complexity index is 1400. The molecule has 5 N–H and O–H groups in total. The third kappa shape index (κ3) is 11.3. The minimum Gasteiger partial charge on any atom is -0.464 e. The molecule has 1 atom stereocenters. The van der Waals surface area contributed by atoms with Gasteiger partial charge in [-0.15, -0.1) is 0 Å². The van der Waals surface area contributed by atoms with Crippen molar-refractivity contribution in [3.8, 4) is 6.07 Å². The van der Waals surface area contributed by atoms with Gasteiger partial charge in [0.15, 0.2) is 0 Å². The molecule has 0 aliphatic rings. The quantitative estimate of drug-likeness (QED) is 0.134. The first-order valence-corrected chi connectivity index (χ1v) is 15.9. The minimum absolute atomic E-state index is 0.0922. The molecule has 2 aromatic rings. The van der Waals surface area contributed by atoms with Crippen LogP contribution in [0.4, 0.5) is 0 Å². The molecule has 214 valence electrons. The first kappa shape index (κ1) is 32.1. The van der Waals surface area contributed by atoms with Gasteiger partial charge >= 0.3 is 0 Å². The highest BCUT2D eigenvalue weighted by molar-refractivity contribution is 7.98. The Hall–Kier alpha value is -3.10. The van der Waals surface area contributed by atoms with Crippen molar-refractivity contribution in [1.29, 1.82) is 5.26 Å². The molecule has 1 heterocycles. The summed E-state index contributed by atoms with van der Waals surface area (Å²) in [6.45, 7) is 2.62. The summed E-state index contributed by atoms with van der Waals surface area (Å²) in [5.74, 6) is 1.46. The van der Waals surface area contributed by atoms with Gasteiger partial charge in [-0.2, -0.15) is 17.0 Å². The third-order valence-corrected chi connectivity index (χ3v) is 8.13. The van der Waals surface area contributed by atoms with E-state index in [2.05, 4.69) is 20.3 Å². The van der Waals surface area contributed by atoms with E-state index in [9.17, 15) is 21.6 Å². The molecule has 0 bridgehead atoms. The summed E-state index contributed by atoms with van der Waals surface area (Å²) >= 11 is 1.55. The number of carbonyl (C=O) groups is 1. The number of amides is 1. The molecule has 0 fully saturated rings. The van der Waals surface area contributed by atoms with Crippen LogP contribution in [0.5, 0.6) is 0 Å². The van der Waals surface area contributed by atoms with Gasteiger partial charge in [0.1, 0.15) is 17.4 Å². The van der Waals surface area contributed by atoms with E-state index in [4.69, 9.17) is 14.8 Å². The van der Waals surface area contributed by atoms with E-state index >= 15 is 0 Å². The largest absolute Gasteiger partial charge is 0.464 e. The zero-order valence-corrected chi connectivity index (χ0v) is 24.3. The fourth-order valence-corrected chi connectivity index (χ4v) is 5.40. The summed E-state index contributed by atoms with van der Waals surface area (Å²) in [6.07, 6.45) is 0. The topological polar surface area (TPSA) is 200 Å². The lowest BCUT2D eigenvalue weighted by Gasteiger charge is -2.14. The number of furan rings is 1. The lowest BCUT2D eigenvalue weighted by molar-refractivity contribution is -0.122. The third-order valence-electron chi connectivity index (χ3n) is 4.92. The molecule has 39 heavy (non-hydrogen) atoms. The highest BCUT2D eigenvalue weighted by Crippen LogP contribution is 2.17. The molecular formula is C23H33N7O6S3. The number of sulfonamides is 2. The molecule has 0 radical (unpaired) electrons. The molecule has 0 spiro atoms.